The average Bonchev–Trinajstić information content (AvgIpc) is 2.74. The highest BCUT2D eigenvalue weighted by atomic mass is 16.5. The van der Waals surface area contributed by atoms with E-state index in [-0.39, 0.29) is 12.1 Å². The van der Waals surface area contributed by atoms with Crippen LogP contribution >= 0.6 is 0 Å². The molecular weight excluding hydrogens is 338 g/mol. The van der Waals surface area contributed by atoms with Crippen molar-refractivity contribution < 1.29 is 9.53 Å². The van der Waals surface area contributed by atoms with Crippen molar-refractivity contribution in [3.63, 3.8) is 0 Å². The van der Waals surface area contributed by atoms with Gasteiger partial charge in [-0.15, -0.1) is 0 Å². The standard InChI is InChI=1S/C22H25N3O2/c1-17(18-8-10-20(27-2)11-9-18)24-21(26)25-14-12-22(16-23,13-15-25)19-6-4-3-5-7-19/h3-11,17H,12-15H2,1-2H3,(H,24,26)/t17-/m0/s1. The van der Waals surface area contributed by atoms with Crippen LogP contribution < -0.4 is 10.1 Å². The lowest BCUT2D eigenvalue weighted by molar-refractivity contribution is 0.168. The van der Waals surface area contributed by atoms with Crippen LogP contribution in [0.4, 0.5) is 4.79 Å². The number of carbonyl (C=O) groups is 1. The number of benzene rings is 2. The minimum Gasteiger partial charge on any atom is -0.497 e. The van der Waals surface area contributed by atoms with Crippen LogP contribution in [0.3, 0.4) is 0 Å². The van der Waals surface area contributed by atoms with Crippen molar-refractivity contribution in [1.82, 2.24) is 10.2 Å². The molecule has 0 aromatic heterocycles. The number of nitriles is 1. The van der Waals surface area contributed by atoms with Gasteiger partial charge in [-0.05, 0) is 43.0 Å². The first-order valence-corrected chi connectivity index (χ1v) is 9.24. The molecule has 2 amide bonds. The molecule has 5 nitrogen and oxygen atoms in total. The van der Waals surface area contributed by atoms with Crippen LogP contribution in [0.5, 0.6) is 5.75 Å². The highest BCUT2D eigenvalue weighted by molar-refractivity contribution is 5.75. The molecule has 0 radical (unpaired) electrons. The normalized spacial score (nSPS) is 16.9. The number of methoxy groups -OCH3 is 1. The Hall–Kier alpha value is -3.00. The smallest absolute Gasteiger partial charge is 0.317 e. The minimum absolute atomic E-state index is 0.0853. The van der Waals surface area contributed by atoms with E-state index in [0.29, 0.717) is 25.9 Å². The summed E-state index contributed by atoms with van der Waals surface area (Å²) in [5, 5.41) is 12.8. The summed E-state index contributed by atoms with van der Waals surface area (Å²) in [7, 11) is 1.63. The number of hydrogen-bond donors (Lipinski definition) is 1. The lowest BCUT2D eigenvalue weighted by Gasteiger charge is -2.38. The number of likely N-dealkylation sites (tertiary alicyclic amines) is 1. The maximum absolute atomic E-state index is 12.6. The second kappa shape index (κ2) is 8.13. The van der Waals surface area contributed by atoms with Gasteiger partial charge in [0, 0.05) is 13.1 Å². The summed E-state index contributed by atoms with van der Waals surface area (Å²) in [5.74, 6) is 0.794. The van der Waals surface area contributed by atoms with Gasteiger partial charge >= 0.3 is 6.03 Å². The number of carbonyl (C=O) groups excluding carboxylic acids is 1. The van der Waals surface area contributed by atoms with E-state index in [9.17, 15) is 10.1 Å². The summed E-state index contributed by atoms with van der Waals surface area (Å²) >= 11 is 0. The monoisotopic (exact) mass is 363 g/mol. The fourth-order valence-electron chi connectivity index (χ4n) is 3.57. The maximum Gasteiger partial charge on any atom is 0.317 e. The van der Waals surface area contributed by atoms with Crippen molar-refractivity contribution in [2.45, 2.75) is 31.2 Å². The molecule has 1 aliphatic heterocycles. The van der Waals surface area contributed by atoms with Crippen molar-refractivity contribution >= 4 is 6.03 Å². The van der Waals surface area contributed by atoms with E-state index in [1.165, 1.54) is 0 Å². The van der Waals surface area contributed by atoms with Crippen LogP contribution in [0, 0.1) is 11.3 Å². The molecule has 27 heavy (non-hydrogen) atoms. The largest absolute Gasteiger partial charge is 0.497 e. The fourth-order valence-corrected chi connectivity index (χ4v) is 3.57. The number of amides is 2. The summed E-state index contributed by atoms with van der Waals surface area (Å²) in [4.78, 5) is 14.5. The zero-order chi connectivity index (χ0) is 19.3. The van der Waals surface area contributed by atoms with Gasteiger partial charge in [0.25, 0.3) is 0 Å². The first kappa shape index (κ1) is 18.8. The number of ether oxygens (including phenoxy) is 1. The summed E-state index contributed by atoms with van der Waals surface area (Å²) in [6, 6.07) is 19.9. The molecule has 3 rings (SSSR count). The molecule has 1 atom stereocenters. The van der Waals surface area contributed by atoms with E-state index >= 15 is 0 Å². The summed E-state index contributed by atoms with van der Waals surface area (Å²) in [6.45, 7) is 3.11. The van der Waals surface area contributed by atoms with Gasteiger partial charge in [0.2, 0.25) is 0 Å². The van der Waals surface area contributed by atoms with Crippen LogP contribution in [0.1, 0.15) is 36.9 Å². The molecule has 1 fully saturated rings. The Balaban J connectivity index is 1.60. The fraction of sp³-hybridized carbons (Fsp3) is 0.364. The van der Waals surface area contributed by atoms with Gasteiger partial charge < -0.3 is 15.0 Å². The SMILES string of the molecule is COc1ccc([C@H](C)NC(=O)N2CCC(C#N)(c3ccccc3)CC2)cc1. The van der Waals surface area contributed by atoms with Gasteiger partial charge in [0.1, 0.15) is 5.75 Å². The predicted molar refractivity (Wildman–Crippen MR) is 104 cm³/mol. The summed E-state index contributed by atoms with van der Waals surface area (Å²) < 4.78 is 5.17. The molecule has 1 heterocycles. The number of piperidine rings is 1. The van der Waals surface area contributed by atoms with Crippen LogP contribution in [0.25, 0.3) is 0 Å². The lowest BCUT2D eigenvalue weighted by Crippen LogP contribution is -2.48. The predicted octanol–water partition coefficient (Wildman–Crippen LogP) is 4.02. The molecule has 0 aliphatic carbocycles. The molecule has 2 aromatic rings. The van der Waals surface area contributed by atoms with Crippen LogP contribution in [0.2, 0.25) is 0 Å². The third-order valence-electron chi connectivity index (χ3n) is 5.40. The Bertz CT molecular complexity index is 804. The zero-order valence-corrected chi connectivity index (χ0v) is 15.8. The molecule has 1 saturated heterocycles. The second-order valence-corrected chi connectivity index (χ2v) is 6.99. The number of nitrogens with zero attached hydrogens (tertiary/aromatic N) is 2. The molecule has 1 aliphatic rings. The first-order chi connectivity index (χ1) is 13.1. The molecule has 140 valence electrons. The molecule has 0 saturated carbocycles. The third-order valence-corrected chi connectivity index (χ3v) is 5.40. The van der Waals surface area contributed by atoms with Crippen LogP contribution in [-0.2, 0) is 5.41 Å². The maximum atomic E-state index is 12.6. The molecule has 5 heteroatoms. The summed E-state index contributed by atoms with van der Waals surface area (Å²) in [5.41, 5.74) is 1.57. The van der Waals surface area contributed by atoms with E-state index in [2.05, 4.69) is 11.4 Å². The van der Waals surface area contributed by atoms with Gasteiger partial charge in [-0.2, -0.15) is 5.26 Å². The van der Waals surface area contributed by atoms with Gasteiger partial charge in [0.05, 0.1) is 24.6 Å². The Morgan fingerprint density at radius 2 is 1.78 bits per heavy atom. The van der Waals surface area contributed by atoms with Crippen molar-refractivity contribution in [2.24, 2.45) is 0 Å². The molecular formula is C22H25N3O2. The Morgan fingerprint density at radius 3 is 2.33 bits per heavy atom. The van der Waals surface area contributed by atoms with Crippen LogP contribution in [-0.4, -0.2) is 31.1 Å². The number of nitrogens with one attached hydrogen (secondary N) is 1. The molecule has 0 unspecified atom stereocenters. The van der Waals surface area contributed by atoms with Crippen molar-refractivity contribution in [1.29, 1.82) is 5.26 Å². The molecule has 1 N–H and O–H groups in total. The molecule has 0 bridgehead atoms. The van der Waals surface area contributed by atoms with Crippen molar-refractivity contribution in [3.8, 4) is 11.8 Å². The number of rotatable bonds is 4. The lowest BCUT2D eigenvalue weighted by atomic mass is 9.74. The van der Waals surface area contributed by atoms with E-state index in [0.717, 1.165) is 16.9 Å². The highest BCUT2D eigenvalue weighted by Gasteiger charge is 2.37. The van der Waals surface area contributed by atoms with E-state index < -0.39 is 5.41 Å². The van der Waals surface area contributed by atoms with Gasteiger partial charge in [0.15, 0.2) is 0 Å². The first-order valence-electron chi connectivity index (χ1n) is 9.24. The van der Waals surface area contributed by atoms with E-state index in [1.807, 2.05) is 61.5 Å². The summed E-state index contributed by atoms with van der Waals surface area (Å²) in [6.07, 6.45) is 1.30. The molecule has 2 aromatic carbocycles. The third kappa shape index (κ3) is 4.06. The van der Waals surface area contributed by atoms with Crippen molar-refractivity contribution in [2.75, 3.05) is 20.2 Å². The topological polar surface area (TPSA) is 65.4 Å². The van der Waals surface area contributed by atoms with Gasteiger partial charge in [-0.3, -0.25) is 0 Å². The number of hydrogen-bond acceptors (Lipinski definition) is 3. The second-order valence-electron chi connectivity index (χ2n) is 6.99. The van der Waals surface area contributed by atoms with E-state index in [1.54, 1.807) is 12.0 Å². The Labute approximate surface area is 160 Å². The van der Waals surface area contributed by atoms with Gasteiger partial charge in [-0.25, -0.2) is 4.79 Å². The van der Waals surface area contributed by atoms with E-state index in [4.69, 9.17) is 4.74 Å². The quantitative estimate of drug-likeness (QED) is 0.892. The van der Waals surface area contributed by atoms with Crippen molar-refractivity contribution in [3.05, 3.63) is 65.7 Å². The Kier molecular flexibility index (Phi) is 5.66. The minimum atomic E-state index is -0.500. The zero-order valence-electron chi connectivity index (χ0n) is 15.8. The van der Waals surface area contributed by atoms with Crippen LogP contribution in [0.15, 0.2) is 54.6 Å². The Morgan fingerprint density at radius 1 is 1.15 bits per heavy atom. The molecule has 0 spiro atoms. The average molecular weight is 363 g/mol. The van der Waals surface area contributed by atoms with Gasteiger partial charge in [-0.1, -0.05) is 42.5 Å². The highest BCUT2D eigenvalue weighted by Crippen LogP contribution is 2.35. The number of urea groups is 1.